The molecule has 0 N–H and O–H groups in total. The summed E-state index contributed by atoms with van der Waals surface area (Å²) in [6.45, 7) is 0. The molecule has 0 amide bonds. The van der Waals surface area contributed by atoms with Crippen molar-refractivity contribution in [1.29, 1.82) is 0 Å². The molecule has 4 rings (SSSR count). The smallest absolute Gasteiger partial charge is 0.207 e. The summed E-state index contributed by atoms with van der Waals surface area (Å²) in [5.41, 5.74) is -14.3. The molecule has 0 fully saturated rings. The molecular formula is C24H2BF20I. The Bertz CT molecular complexity index is 1580. The SMILES string of the molecule is Fc1c(F)c(F)c([B-](c2c(F)c(F)c(F)c(F)c2F)(c2c(F)c(F)c(F)c(F)c2F)c2c(F)c(F)c(F)c(F)c2F)c(F)c1F.[IH2+]. The van der Waals surface area contributed by atoms with Gasteiger partial charge in [0.15, 0.2) is 69.8 Å². The Balaban J connectivity index is 0.00000576. The van der Waals surface area contributed by atoms with Gasteiger partial charge in [-0.25, -0.2) is 87.8 Å². The van der Waals surface area contributed by atoms with Gasteiger partial charge >= 0.3 is 0 Å². The van der Waals surface area contributed by atoms with E-state index in [1.54, 1.807) is 0 Å². The summed E-state index contributed by atoms with van der Waals surface area (Å²) >= 11 is 0. The fourth-order valence-corrected chi connectivity index (χ4v) is 4.87. The van der Waals surface area contributed by atoms with E-state index in [1.165, 1.54) is 0 Å². The lowest BCUT2D eigenvalue weighted by Crippen LogP contribution is -3.00. The molecule has 0 atom stereocenters. The van der Waals surface area contributed by atoms with Gasteiger partial charge in [-0.3, -0.25) is 0 Å². The standard InChI is InChI=1S/C24BF20.H2I/c26-5-1(6(27)14(35)21(42)13(5)34)25(2-7(28)15(36)22(43)16(37)8(2)29,3-9(30)17(38)23(44)18(39)10(3)31)4-11(32)19(40)24(45)20(41)12(4)33;/h;1H2/q-1;+1. The van der Waals surface area contributed by atoms with Gasteiger partial charge in [-0.15, -0.1) is 21.9 Å². The van der Waals surface area contributed by atoms with E-state index in [-0.39, 0.29) is 24.0 Å². The zero-order valence-electron chi connectivity index (χ0n) is 20.6. The Labute approximate surface area is 256 Å². The lowest BCUT2D eigenvalue weighted by atomic mass is 9.12. The van der Waals surface area contributed by atoms with Crippen LogP contribution in [0.3, 0.4) is 0 Å². The molecule has 46 heavy (non-hydrogen) atoms. The third kappa shape index (κ3) is 4.60. The van der Waals surface area contributed by atoms with E-state index in [2.05, 4.69) is 0 Å². The summed E-state index contributed by atoms with van der Waals surface area (Å²) in [6, 6.07) is 0. The average Bonchev–Trinajstić information content (AvgIpc) is 3.00. The summed E-state index contributed by atoms with van der Waals surface area (Å²) in [5.74, 6) is -71.4. The first-order chi connectivity index (χ1) is 20.7. The topological polar surface area (TPSA) is 0 Å². The highest BCUT2D eigenvalue weighted by atomic mass is 127. The van der Waals surface area contributed by atoms with E-state index in [1.807, 2.05) is 0 Å². The molecule has 0 aromatic heterocycles. The van der Waals surface area contributed by atoms with Crippen LogP contribution in [0.25, 0.3) is 0 Å². The van der Waals surface area contributed by atoms with Crippen LogP contribution in [0, 0.1) is 116 Å². The fraction of sp³-hybridized carbons (Fsp3) is 0. The quantitative estimate of drug-likeness (QED) is 0.0979. The van der Waals surface area contributed by atoms with Gasteiger partial charge in [0.1, 0.15) is 52.7 Å². The predicted molar refractivity (Wildman–Crippen MR) is 112 cm³/mol. The molecular weight excluding hydrogens is 806 g/mol. The van der Waals surface area contributed by atoms with Gasteiger partial charge in [-0.05, 0) is 0 Å². The molecule has 0 aliphatic heterocycles. The Kier molecular flexibility index (Phi) is 9.69. The second-order valence-electron chi connectivity index (χ2n) is 8.80. The van der Waals surface area contributed by atoms with Gasteiger partial charge in [0.05, 0.1) is 0 Å². The van der Waals surface area contributed by atoms with Crippen LogP contribution in [0.4, 0.5) is 87.8 Å². The van der Waals surface area contributed by atoms with Crippen LogP contribution in [0.2, 0.25) is 0 Å². The van der Waals surface area contributed by atoms with Crippen LogP contribution in [0.15, 0.2) is 0 Å². The maximum atomic E-state index is 15.4. The van der Waals surface area contributed by atoms with Crippen LogP contribution < -0.4 is 45.8 Å². The molecule has 0 aliphatic carbocycles. The van der Waals surface area contributed by atoms with Gasteiger partial charge in [-0.2, -0.15) is 0 Å². The summed E-state index contributed by atoms with van der Waals surface area (Å²) < 4.78 is 294. The number of hydrogen-bond acceptors (Lipinski definition) is 0. The number of benzene rings is 4. The molecule has 4 aromatic carbocycles. The van der Waals surface area contributed by atoms with Gasteiger partial charge in [0.25, 0.3) is 0 Å². The minimum absolute atomic E-state index is 0. The monoisotopic (exact) mass is 808 g/mol. The van der Waals surface area contributed by atoms with E-state index >= 15 is 35.1 Å². The van der Waals surface area contributed by atoms with Crippen LogP contribution in [0.5, 0.6) is 0 Å². The Hall–Kier alpha value is -3.73. The van der Waals surface area contributed by atoms with Crippen molar-refractivity contribution in [3.05, 3.63) is 116 Å². The third-order valence-corrected chi connectivity index (χ3v) is 6.71. The van der Waals surface area contributed by atoms with Gasteiger partial charge in [0.2, 0.25) is 24.0 Å². The zero-order valence-corrected chi connectivity index (χ0v) is 23.1. The maximum absolute atomic E-state index is 15.4. The number of hydrogen-bond donors (Lipinski definition) is 0. The van der Waals surface area contributed by atoms with Gasteiger partial charge < -0.3 is 0 Å². The molecule has 4 aromatic rings. The van der Waals surface area contributed by atoms with Crippen molar-refractivity contribution in [3.8, 4) is 0 Å². The molecule has 0 nitrogen and oxygen atoms in total. The minimum atomic E-state index is -7.22. The van der Waals surface area contributed by atoms with Crippen molar-refractivity contribution in [3.63, 3.8) is 0 Å². The molecule has 22 heteroatoms. The molecule has 0 saturated heterocycles. The molecule has 0 saturated carbocycles. The summed E-state index contributed by atoms with van der Waals surface area (Å²) in [5, 5.41) is 0. The van der Waals surface area contributed by atoms with E-state index in [4.69, 9.17) is 0 Å². The minimum Gasteiger partial charge on any atom is -0.207 e. The van der Waals surface area contributed by atoms with Gasteiger partial charge in [-0.1, -0.05) is 0 Å². The Morgan fingerprint density at radius 1 is 0.174 bits per heavy atom. The van der Waals surface area contributed by atoms with Crippen molar-refractivity contribution < 1.29 is 112 Å². The highest BCUT2D eigenvalue weighted by molar-refractivity contribution is 7.20. The molecule has 0 heterocycles. The Morgan fingerprint density at radius 2 is 0.261 bits per heavy atom. The molecule has 0 bridgehead atoms. The average molecular weight is 808 g/mol. The summed E-state index contributed by atoms with van der Waals surface area (Å²) in [6.07, 6.45) is -7.22. The molecule has 248 valence electrons. The highest BCUT2D eigenvalue weighted by Crippen LogP contribution is 2.30. The predicted octanol–water partition coefficient (Wildman–Crippen LogP) is 2.31. The second kappa shape index (κ2) is 12.1. The van der Waals surface area contributed by atoms with E-state index in [0.29, 0.717) is 0 Å². The lowest BCUT2D eigenvalue weighted by Gasteiger charge is -2.44. The van der Waals surface area contributed by atoms with Crippen LogP contribution in [0.1, 0.15) is 0 Å². The van der Waals surface area contributed by atoms with Crippen LogP contribution in [-0.2, 0) is 0 Å². The number of halogens is 21. The van der Waals surface area contributed by atoms with Crippen LogP contribution in [-0.4, -0.2) is 6.15 Å². The summed E-state index contributed by atoms with van der Waals surface area (Å²) in [7, 11) is 0. The first kappa shape index (κ1) is 36.7. The van der Waals surface area contributed by atoms with E-state index in [9.17, 15) is 52.7 Å². The lowest BCUT2D eigenvalue weighted by molar-refractivity contribution is -0.0000188. The first-order valence-corrected chi connectivity index (χ1v) is 10.9. The Morgan fingerprint density at radius 3 is 0.370 bits per heavy atom. The van der Waals surface area contributed by atoms with E-state index in [0.717, 1.165) is 0 Å². The second-order valence-corrected chi connectivity index (χ2v) is 8.80. The molecule has 0 unspecified atom stereocenters. The van der Waals surface area contributed by atoms with Crippen molar-refractivity contribution in [2.24, 2.45) is 0 Å². The maximum Gasteiger partial charge on any atom is 0.235 e. The molecule has 0 aliphatic rings. The largest absolute Gasteiger partial charge is 0.235 e. The van der Waals surface area contributed by atoms with Gasteiger partial charge in [0, 0.05) is 0 Å². The van der Waals surface area contributed by atoms with E-state index < -0.39 is 144 Å². The highest BCUT2D eigenvalue weighted by Gasteiger charge is 2.52. The number of rotatable bonds is 4. The summed E-state index contributed by atoms with van der Waals surface area (Å²) in [4.78, 5) is 0. The third-order valence-electron chi connectivity index (χ3n) is 6.71. The normalized spacial score (nSPS) is 11.7. The molecule has 0 spiro atoms. The van der Waals surface area contributed by atoms with Crippen molar-refractivity contribution in [1.82, 2.24) is 0 Å². The van der Waals surface area contributed by atoms with Crippen LogP contribution >= 0.6 is 0 Å². The van der Waals surface area contributed by atoms with Crippen molar-refractivity contribution >= 4 is 28.0 Å². The van der Waals surface area contributed by atoms with Crippen molar-refractivity contribution in [2.45, 2.75) is 0 Å². The van der Waals surface area contributed by atoms with Crippen molar-refractivity contribution in [2.75, 3.05) is 0 Å². The first-order valence-electron chi connectivity index (χ1n) is 10.9. The zero-order chi connectivity index (χ0) is 34.4. The molecule has 0 radical (unpaired) electrons. The fourth-order valence-electron chi connectivity index (χ4n) is 4.87.